The maximum Gasteiger partial charge on any atom is 0.0885 e. The van der Waals surface area contributed by atoms with Crippen LogP contribution < -0.4 is 0 Å². The number of hydrogen-bond acceptors (Lipinski definition) is 3. The second-order valence-electron chi connectivity index (χ2n) is 2.95. The molecule has 0 fully saturated rings. The van der Waals surface area contributed by atoms with Gasteiger partial charge in [0.2, 0.25) is 0 Å². The Bertz CT molecular complexity index is 269. The van der Waals surface area contributed by atoms with Crippen molar-refractivity contribution in [2.75, 3.05) is 6.61 Å². The van der Waals surface area contributed by atoms with Gasteiger partial charge in [0.1, 0.15) is 0 Å². The van der Waals surface area contributed by atoms with E-state index in [1.54, 1.807) is 0 Å². The van der Waals surface area contributed by atoms with Gasteiger partial charge >= 0.3 is 0 Å². The highest BCUT2D eigenvalue weighted by molar-refractivity contribution is 5.46. The first-order valence-corrected chi connectivity index (χ1v) is 4.11. The second-order valence-corrected chi connectivity index (χ2v) is 2.95. The van der Waals surface area contributed by atoms with Crippen LogP contribution in [-0.2, 0) is 4.89 Å². The summed E-state index contributed by atoms with van der Waals surface area (Å²) in [7, 11) is 0. The largest absolute Gasteiger partial charge is 0.265 e. The molecule has 0 aliphatic heterocycles. The summed E-state index contributed by atoms with van der Waals surface area (Å²) < 4.78 is 0. The van der Waals surface area contributed by atoms with Gasteiger partial charge in [-0.1, -0.05) is 19.1 Å². The Hall–Kier alpha value is -1.19. The molecule has 1 rings (SSSR count). The van der Waals surface area contributed by atoms with Crippen LogP contribution in [-0.4, -0.2) is 18.6 Å². The van der Waals surface area contributed by atoms with E-state index in [1.165, 1.54) is 0 Å². The van der Waals surface area contributed by atoms with Gasteiger partial charge in [0.15, 0.2) is 0 Å². The highest BCUT2D eigenvalue weighted by Crippen LogP contribution is 2.19. The molecule has 1 N–H and O–H groups in total. The quantitative estimate of drug-likeness (QED) is 0.438. The zero-order valence-corrected chi connectivity index (χ0v) is 7.60. The molecule has 0 spiro atoms. The lowest BCUT2D eigenvalue weighted by Crippen LogP contribution is -2.01. The lowest BCUT2D eigenvalue weighted by atomic mass is 10.0. The zero-order valence-electron chi connectivity index (χ0n) is 7.60. The van der Waals surface area contributed by atoms with Crippen LogP contribution >= 0.6 is 0 Å². The molecule has 0 amide bonds. The van der Waals surface area contributed by atoms with E-state index in [2.05, 4.69) is 16.6 Å². The summed E-state index contributed by atoms with van der Waals surface area (Å²) in [4.78, 5) is 7.87. The topological polar surface area (TPSA) is 41.8 Å². The molecule has 0 bridgehead atoms. The van der Waals surface area contributed by atoms with Gasteiger partial charge in [0, 0.05) is 5.92 Å². The summed E-state index contributed by atoms with van der Waals surface area (Å²) in [5.74, 6) is 0.184. The minimum Gasteiger partial charge on any atom is -0.265 e. The normalized spacial score (nSPS) is 12.5. The van der Waals surface area contributed by atoms with E-state index in [0.29, 0.717) is 6.61 Å². The second kappa shape index (κ2) is 4.74. The summed E-state index contributed by atoms with van der Waals surface area (Å²) in [6.45, 7) is 5.71. The fraction of sp³-hybridized carbons (Fsp3) is 0.300. The molecule has 0 aliphatic rings. The van der Waals surface area contributed by atoms with Crippen molar-refractivity contribution in [1.82, 2.24) is 0 Å². The van der Waals surface area contributed by atoms with E-state index in [-0.39, 0.29) is 5.92 Å². The minimum absolute atomic E-state index is 0.184. The molecule has 3 heteroatoms. The standard InChI is InChI=1S/C10H13NO2/c1-8(7-13-12)9-3-5-10(11-2)6-4-9/h3-6,8,12H,2,7H2,1H3. The molecule has 1 aromatic rings. The van der Waals surface area contributed by atoms with Crippen molar-refractivity contribution >= 4 is 12.4 Å². The molecule has 0 radical (unpaired) electrons. The van der Waals surface area contributed by atoms with Gasteiger partial charge in [-0.25, -0.2) is 4.89 Å². The van der Waals surface area contributed by atoms with E-state index < -0.39 is 0 Å². The third-order valence-electron chi connectivity index (χ3n) is 1.97. The summed E-state index contributed by atoms with van der Waals surface area (Å²) in [6, 6.07) is 7.67. The van der Waals surface area contributed by atoms with E-state index in [1.807, 2.05) is 31.2 Å². The molecule has 0 heterocycles. The van der Waals surface area contributed by atoms with Crippen LogP contribution in [0.2, 0.25) is 0 Å². The maximum atomic E-state index is 8.27. The molecule has 1 unspecified atom stereocenters. The molecule has 1 aromatic carbocycles. The summed E-state index contributed by atoms with van der Waals surface area (Å²) in [6.07, 6.45) is 0. The van der Waals surface area contributed by atoms with Gasteiger partial charge < -0.3 is 0 Å². The van der Waals surface area contributed by atoms with Crippen molar-refractivity contribution in [3.8, 4) is 0 Å². The van der Waals surface area contributed by atoms with Crippen molar-refractivity contribution in [3.63, 3.8) is 0 Å². The third-order valence-corrected chi connectivity index (χ3v) is 1.97. The Balaban J connectivity index is 2.73. The first kappa shape index (κ1) is 9.89. The van der Waals surface area contributed by atoms with E-state index >= 15 is 0 Å². The Kier molecular flexibility index (Phi) is 3.61. The van der Waals surface area contributed by atoms with E-state index in [9.17, 15) is 0 Å². The summed E-state index contributed by atoms with van der Waals surface area (Å²) in [5.41, 5.74) is 1.96. The molecular formula is C10H13NO2. The molecule has 0 saturated carbocycles. The molecule has 0 saturated heterocycles. The Labute approximate surface area is 77.6 Å². The van der Waals surface area contributed by atoms with Gasteiger partial charge in [-0.2, -0.15) is 0 Å². The predicted octanol–water partition coefficient (Wildman–Crippen LogP) is 2.61. The van der Waals surface area contributed by atoms with Gasteiger partial charge in [0.05, 0.1) is 12.3 Å². The molecule has 0 aliphatic carbocycles. The van der Waals surface area contributed by atoms with Crippen molar-refractivity contribution < 1.29 is 10.1 Å². The first-order chi connectivity index (χ1) is 6.27. The lowest BCUT2D eigenvalue weighted by molar-refractivity contribution is -0.245. The fourth-order valence-electron chi connectivity index (χ4n) is 1.12. The Morgan fingerprint density at radius 1 is 1.46 bits per heavy atom. The number of aliphatic imine (C=N–C) groups is 1. The molecule has 13 heavy (non-hydrogen) atoms. The molecule has 1 atom stereocenters. The number of hydrogen-bond donors (Lipinski definition) is 1. The lowest BCUT2D eigenvalue weighted by Gasteiger charge is -2.08. The zero-order chi connectivity index (χ0) is 9.68. The van der Waals surface area contributed by atoms with Crippen LogP contribution in [0.1, 0.15) is 18.4 Å². The number of nitrogens with zero attached hydrogens (tertiary/aromatic N) is 1. The highest BCUT2D eigenvalue weighted by atomic mass is 17.1. The summed E-state index contributed by atoms with van der Waals surface area (Å²) in [5, 5.41) is 8.27. The van der Waals surface area contributed by atoms with Crippen LogP contribution in [0.5, 0.6) is 0 Å². The van der Waals surface area contributed by atoms with Crippen molar-refractivity contribution in [1.29, 1.82) is 0 Å². The van der Waals surface area contributed by atoms with Crippen LogP contribution in [0.4, 0.5) is 5.69 Å². The van der Waals surface area contributed by atoms with Crippen molar-refractivity contribution in [3.05, 3.63) is 29.8 Å². The van der Waals surface area contributed by atoms with E-state index in [4.69, 9.17) is 5.26 Å². The first-order valence-electron chi connectivity index (χ1n) is 4.11. The third kappa shape index (κ3) is 2.65. The van der Waals surface area contributed by atoms with Gasteiger partial charge in [-0.3, -0.25) is 10.2 Å². The SMILES string of the molecule is C=Nc1ccc(C(C)COO)cc1. The summed E-state index contributed by atoms with van der Waals surface area (Å²) >= 11 is 0. The van der Waals surface area contributed by atoms with E-state index in [0.717, 1.165) is 11.3 Å². The Morgan fingerprint density at radius 2 is 2.08 bits per heavy atom. The van der Waals surface area contributed by atoms with Crippen LogP contribution in [0.15, 0.2) is 29.3 Å². The monoisotopic (exact) mass is 179 g/mol. The van der Waals surface area contributed by atoms with Crippen LogP contribution in [0.3, 0.4) is 0 Å². The highest BCUT2D eigenvalue weighted by Gasteiger charge is 2.04. The van der Waals surface area contributed by atoms with Gasteiger partial charge in [0.25, 0.3) is 0 Å². The number of rotatable bonds is 4. The average molecular weight is 179 g/mol. The van der Waals surface area contributed by atoms with Gasteiger partial charge in [-0.15, -0.1) is 0 Å². The predicted molar refractivity (Wildman–Crippen MR) is 52.6 cm³/mol. The van der Waals surface area contributed by atoms with Crippen LogP contribution in [0, 0.1) is 0 Å². The van der Waals surface area contributed by atoms with Crippen molar-refractivity contribution in [2.45, 2.75) is 12.8 Å². The molecular weight excluding hydrogens is 166 g/mol. The Morgan fingerprint density at radius 3 is 2.54 bits per heavy atom. The fourth-order valence-corrected chi connectivity index (χ4v) is 1.12. The van der Waals surface area contributed by atoms with Crippen LogP contribution in [0.25, 0.3) is 0 Å². The van der Waals surface area contributed by atoms with Crippen molar-refractivity contribution in [2.24, 2.45) is 4.99 Å². The van der Waals surface area contributed by atoms with Gasteiger partial charge in [-0.05, 0) is 24.4 Å². The number of benzene rings is 1. The average Bonchev–Trinajstić information content (AvgIpc) is 2.18. The smallest absolute Gasteiger partial charge is 0.0885 e. The molecule has 70 valence electrons. The minimum atomic E-state index is 0.184. The molecule has 0 aromatic heterocycles. The maximum absolute atomic E-state index is 8.27. The molecule has 3 nitrogen and oxygen atoms in total.